The van der Waals surface area contributed by atoms with Crippen LogP contribution in [-0.4, -0.2) is 38.3 Å². The molecule has 0 saturated carbocycles. The number of hydrogen-bond acceptors (Lipinski definition) is 5. The lowest BCUT2D eigenvalue weighted by Gasteiger charge is -2.31. The van der Waals surface area contributed by atoms with E-state index in [1.807, 2.05) is 24.3 Å². The molecule has 0 radical (unpaired) electrons. The first kappa shape index (κ1) is 23.5. The Morgan fingerprint density at radius 1 is 1.19 bits per heavy atom. The summed E-state index contributed by atoms with van der Waals surface area (Å²) in [5, 5.41) is 3.33. The van der Waals surface area contributed by atoms with E-state index in [1.165, 1.54) is 18.7 Å². The predicted octanol–water partition coefficient (Wildman–Crippen LogP) is 4.07. The number of halogens is 2. The van der Waals surface area contributed by atoms with Crippen molar-refractivity contribution in [2.24, 2.45) is 11.1 Å². The van der Waals surface area contributed by atoms with Crippen molar-refractivity contribution >= 4 is 17.6 Å². The summed E-state index contributed by atoms with van der Waals surface area (Å²) in [6, 6.07) is 11.3. The van der Waals surface area contributed by atoms with Crippen LogP contribution in [0.15, 0.2) is 42.5 Å². The molecule has 1 aliphatic rings. The third kappa shape index (κ3) is 5.20. The zero-order valence-corrected chi connectivity index (χ0v) is 19.1. The van der Waals surface area contributed by atoms with Crippen LogP contribution >= 0.6 is 11.6 Å². The maximum Gasteiger partial charge on any atom is 0.323 e. The van der Waals surface area contributed by atoms with Gasteiger partial charge in [0.1, 0.15) is 17.6 Å². The van der Waals surface area contributed by atoms with Gasteiger partial charge in [-0.3, -0.25) is 10.1 Å². The molecule has 5 nitrogen and oxygen atoms in total. The van der Waals surface area contributed by atoms with E-state index in [9.17, 15) is 9.18 Å². The molecular formula is C24H30ClFN2O3. The second-order valence-electron chi connectivity index (χ2n) is 8.91. The molecule has 2 aromatic rings. The van der Waals surface area contributed by atoms with Crippen molar-refractivity contribution in [3.05, 3.63) is 64.4 Å². The molecule has 3 rings (SSSR count). The van der Waals surface area contributed by atoms with E-state index in [0.29, 0.717) is 12.0 Å². The molecule has 1 unspecified atom stereocenters. The van der Waals surface area contributed by atoms with Crippen molar-refractivity contribution in [2.45, 2.75) is 50.7 Å². The van der Waals surface area contributed by atoms with Gasteiger partial charge in [0.15, 0.2) is 0 Å². The lowest BCUT2D eigenvalue weighted by molar-refractivity contribution is -0.143. The van der Waals surface area contributed by atoms with Gasteiger partial charge in [-0.1, -0.05) is 49.7 Å². The van der Waals surface area contributed by atoms with Crippen LogP contribution in [0.25, 0.3) is 0 Å². The number of nitrogens with one attached hydrogen (secondary N) is 1. The normalized spacial score (nSPS) is 23.6. The first-order valence-electron chi connectivity index (χ1n) is 10.3. The van der Waals surface area contributed by atoms with Gasteiger partial charge >= 0.3 is 5.97 Å². The number of rotatable bonds is 7. The van der Waals surface area contributed by atoms with Gasteiger partial charge < -0.3 is 15.2 Å². The first-order valence-corrected chi connectivity index (χ1v) is 10.7. The summed E-state index contributed by atoms with van der Waals surface area (Å²) in [5.74, 6) is -0.768. The maximum absolute atomic E-state index is 14.8. The summed E-state index contributed by atoms with van der Waals surface area (Å²) in [5.41, 5.74) is 7.99. The number of carbonyl (C=O) groups excluding carboxylic acids is 1. The molecule has 0 spiro atoms. The largest absolute Gasteiger partial charge is 0.497 e. The molecule has 1 heterocycles. The highest BCUT2D eigenvalue weighted by Gasteiger charge is 2.48. The molecule has 1 fully saturated rings. The van der Waals surface area contributed by atoms with Gasteiger partial charge in [-0.05, 0) is 47.6 Å². The van der Waals surface area contributed by atoms with Crippen molar-refractivity contribution in [3.63, 3.8) is 0 Å². The molecule has 0 aliphatic carbocycles. The highest BCUT2D eigenvalue weighted by molar-refractivity contribution is 6.30. The minimum Gasteiger partial charge on any atom is -0.497 e. The zero-order valence-electron chi connectivity index (χ0n) is 18.3. The van der Waals surface area contributed by atoms with Crippen molar-refractivity contribution in [1.29, 1.82) is 0 Å². The van der Waals surface area contributed by atoms with Crippen molar-refractivity contribution in [2.75, 3.05) is 14.2 Å². The molecule has 0 bridgehead atoms. The summed E-state index contributed by atoms with van der Waals surface area (Å²) in [7, 11) is 2.96. The SMILES string of the molecule is COC(=O)[C@@H]1N[C@@H](CC(C)(C)Cc2ccc(OC)cc2)C(N)[C@H]1c1cccc(Cl)c1F. The Hall–Kier alpha value is -2.15. The van der Waals surface area contributed by atoms with E-state index in [-0.39, 0.29) is 16.5 Å². The average molecular weight is 449 g/mol. The molecular weight excluding hydrogens is 419 g/mol. The molecule has 7 heteroatoms. The molecule has 2 aromatic carbocycles. The van der Waals surface area contributed by atoms with Crippen LogP contribution in [0, 0.1) is 11.2 Å². The van der Waals surface area contributed by atoms with Gasteiger partial charge in [0, 0.05) is 18.0 Å². The summed E-state index contributed by atoms with van der Waals surface area (Å²) in [4.78, 5) is 12.5. The van der Waals surface area contributed by atoms with Crippen molar-refractivity contribution < 1.29 is 18.7 Å². The Kier molecular flexibility index (Phi) is 7.24. The van der Waals surface area contributed by atoms with Gasteiger partial charge in [-0.2, -0.15) is 0 Å². The Morgan fingerprint density at radius 3 is 2.48 bits per heavy atom. The number of methoxy groups -OCH3 is 2. The van der Waals surface area contributed by atoms with E-state index in [2.05, 4.69) is 19.2 Å². The van der Waals surface area contributed by atoms with Crippen molar-refractivity contribution in [3.8, 4) is 5.75 Å². The number of esters is 1. The Balaban J connectivity index is 1.82. The van der Waals surface area contributed by atoms with Gasteiger partial charge in [0.05, 0.1) is 19.2 Å². The second kappa shape index (κ2) is 9.55. The van der Waals surface area contributed by atoms with Crippen LogP contribution < -0.4 is 15.8 Å². The third-order valence-electron chi connectivity index (χ3n) is 6.04. The van der Waals surface area contributed by atoms with E-state index >= 15 is 0 Å². The monoisotopic (exact) mass is 448 g/mol. The van der Waals surface area contributed by atoms with Gasteiger partial charge in [-0.15, -0.1) is 0 Å². The summed E-state index contributed by atoms with van der Waals surface area (Å²) >= 11 is 5.99. The van der Waals surface area contributed by atoms with Gasteiger partial charge in [0.2, 0.25) is 0 Å². The van der Waals surface area contributed by atoms with Crippen LogP contribution in [0.2, 0.25) is 5.02 Å². The number of hydrogen-bond donors (Lipinski definition) is 2. The predicted molar refractivity (Wildman–Crippen MR) is 120 cm³/mol. The van der Waals surface area contributed by atoms with Crippen LogP contribution in [0.1, 0.15) is 37.3 Å². The second-order valence-corrected chi connectivity index (χ2v) is 9.32. The molecule has 0 amide bonds. The number of ether oxygens (including phenoxy) is 2. The average Bonchev–Trinajstić information content (AvgIpc) is 3.05. The highest BCUT2D eigenvalue weighted by Crippen LogP contribution is 2.39. The standard InChI is InChI=1S/C24H30ClFN2O3/c1-24(2,12-14-8-10-15(30-3)11-9-14)13-18-21(27)19(22(28-18)23(29)31-4)16-6-5-7-17(25)20(16)26/h5-11,18-19,21-22,28H,12-13,27H2,1-4H3/t18-,19+,21?,22+/m0/s1. The number of benzene rings is 2. The molecule has 4 atom stereocenters. The van der Waals surface area contributed by atoms with Crippen LogP contribution in [0.3, 0.4) is 0 Å². The van der Waals surface area contributed by atoms with Crippen LogP contribution in [-0.2, 0) is 16.0 Å². The smallest absolute Gasteiger partial charge is 0.323 e. The lowest BCUT2D eigenvalue weighted by atomic mass is 9.77. The quantitative estimate of drug-likeness (QED) is 0.624. The van der Waals surface area contributed by atoms with Gasteiger partial charge in [0.25, 0.3) is 0 Å². The highest BCUT2D eigenvalue weighted by atomic mass is 35.5. The maximum atomic E-state index is 14.8. The minimum atomic E-state index is -0.741. The molecule has 168 valence electrons. The fourth-order valence-corrected chi connectivity index (χ4v) is 4.76. The fraction of sp³-hybridized carbons (Fsp3) is 0.458. The Bertz CT molecular complexity index is 920. The van der Waals surface area contributed by atoms with Crippen LogP contribution in [0.4, 0.5) is 4.39 Å². The lowest BCUT2D eigenvalue weighted by Crippen LogP contribution is -2.42. The number of nitrogens with two attached hydrogens (primary N) is 1. The van der Waals surface area contributed by atoms with E-state index in [4.69, 9.17) is 26.8 Å². The first-order chi connectivity index (χ1) is 14.7. The van der Waals surface area contributed by atoms with Gasteiger partial charge in [-0.25, -0.2) is 4.39 Å². The Morgan fingerprint density at radius 2 is 1.87 bits per heavy atom. The molecule has 1 aliphatic heterocycles. The summed E-state index contributed by atoms with van der Waals surface area (Å²) < 4.78 is 25.0. The van der Waals surface area contributed by atoms with E-state index < -0.39 is 29.8 Å². The van der Waals surface area contributed by atoms with E-state index in [0.717, 1.165) is 12.2 Å². The fourth-order valence-electron chi connectivity index (χ4n) is 4.58. The molecule has 1 saturated heterocycles. The molecule has 0 aromatic heterocycles. The van der Waals surface area contributed by atoms with Crippen LogP contribution in [0.5, 0.6) is 5.75 Å². The molecule has 3 N–H and O–H groups in total. The summed E-state index contributed by atoms with van der Waals surface area (Å²) in [6.07, 6.45) is 1.52. The third-order valence-corrected chi connectivity index (χ3v) is 6.33. The van der Waals surface area contributed by atoms with Crippen molar-refractivity contribution in [1.82, 2.24) is 5.32 Å². The zero-order chi connectivity index (χ0) is 22.8. The minimum absolute atomic E-state index is 0.0107. The summed E-state index contributed by atoms with van der Waals surface area (Å²) in [6.45, 7) is 4.32. The molecule has 31 heavy (non-hydrogen) atoms. The topological polar surface area (TPSA) is 73.6 Å². The number of carbonyl (C=O) groups is 1. The Labute approximate surface area is 188 Å². The van der Waals surface area contributed by atoms with E-state index in [1.54, 1.807) is 19.2 Å².